The van der Waals surface area contributed by atoms with Gasteiger partial charge in [0.25, 0.3) is 0 Å². The highest BCUT2D eigenvalue weighted by atomic mass is 79.9. The van der Waals surface area contributed by atoms with Crippen molar-refractivity contribution in [3.05, 3.63) is 40.5 Å². The molecule has 2 rings (SSSR count). The number of aromatic nitrogens is 2. The number of anilines is 1. The first-order valence-corrected chi connectivity index (χ1v) is 5.27. The van der Waals surface area contributed by atoms with Gasteiger partial charge in [0.05, 0.1) is 10.7 Å². The Kier molecular flexibility index (Phi) is 3.19. The highest BCUT2D eigenvalue weighted by Gasteiger charge is 2.12. The Balaban J connectivity index is 2.38. The molecule has 0 aliphatic carbocycles. The molecule has 1 aromatic carbocycles. The van der Waals surface area contributed by atoms with Crippen LogP contribution in [0, 0.1) is 11.6 Å². The number of ether oxygens (including phenoxy) is 1. The number of nitrogen functional groups attached to an aromatic ring is 1. The summed E-state index contributed by atoms with van der Waals surface area (Å²) < 4.78 is 31.8. The quantitative estimate of drug-likeness (QED) is 0.926. The first kappa shape index (κ1) is 11.7. The number of rotatable bonds is 2. The van der Waals surface area contributed by atoms with Gasteiger partial charge in [-0.25, -0.2) is 9.37 Å². The Bertz CT molecular complexity index is 565. The molecule has 0 aliphatic rings. The van der Waals surface area contributed by atoms with Gasteiger partial charge in [0, 0.05) is 0 Å². The zero-order valence-corrected chi connectivity index (χ0v) is 9.91. The average molecular weight is 302 g/mol. The van der Waals surface area contributed by atoms with Crippen molar-refractivity contribution >= 4 is 21.9 Å². The Hall–Kier alpha value is -1.76. The molecule has 7 heteroatoms. The molecule has 0 atom stereocenters. The second kappa shape index (κ2) is 4.62. The van der Waals surface area contributed by atoms with Crippen LogP contribution in [-0.2, 0) is 0 Å². The third kappa shape index (κ3) is 2.50. The van der Waals surface area contributed by atoms with Gasteiger partial charge in [0.15, 0.2) is 11.6 Å². The first-order chi connectivity index (χ1) is 8.08. The van der Waals surface area contributed by atoms with Crippen molar-refractivity contribution in [1.29, 1.82) is 0 Å². The van der Waals surface area contributed by atoms with E-state index in [0.29, 0.717) is 4.47 Å². The van der Waals surface area contributed by atoms with Crippen molar-refractivity contribution < 1.29 is 13.5 Å². The smallest absolute Gasteiger partial charge is 0.238 e. The van der Waals surface area contributed by atoms with E-state index in [0.717, 1.165) is 6.07 Å². The molecule has 0 saturated heterocycles. The Morgan fingerprint density at radius 2 is 2.06 bits per heavy atom. The maximum absolute atomic E-state index is 13.3. The maximum atomic E-state index is 13.3. The van der Waals surface area contributed by atoms with Gasteiger partial charge in [-0.15, -0.1) is 0 Å². The van der Waals surface area contributed by atoms with Crippen LogP contribution in [0.1, 0.15) is 0 Å². The number of benzene rings is 1. The van der Waals surface area contributed by atoms with Gasteiger partial charge in [-0.2, -0.15) is 9.37 Å². The van der Waals surface area contributed by atoms with Crippen molar-refractivity contribution in [3.63, 3.8) is 0 Å². The molecule has 0 unspecified atom stereocenters. The second-order valence-corrected chi connectivity index (χ2v) is 3.89. The van der Waals surface area contributed by atoms with E-state index in [2.05, 4.69) is 25.9 Å². The van der Waals surface area contributed by atoms with Crippen LogP contribution in [0.5, 0.6) is 11.6 Å². The normalized spacial score (nSPS) is 10.3. The zero-order chi connectivity index (χ0) is 12.4. The maximum Gasteiger partial charge on any atom is 0.238 e. The van der Waals surface area contributed by atoms with E-state index in [1.165, 1.54) is 18.3 Å². The van der Waals surface area contributed by atoms with Gasteiger partial charge < -0.3 is 10.5 Å². The summed E-state index contributed by atoms with van der Waals surface area (Å²) >= 11 is 3.11. The van der Waals surface area contributed by atoms with Gasteiger partial charge in [0.1, 0.15) is 0 Å². The third-order valence-electron chi connectivity index (χ3n) is 1.85. The molecular weight excluding hydrogens is 296 g/mol. The number of nitrogens with zero attached hydrogens (tertiary/aromatic N) is 2. The van der Waals surface area contributed by atoms with Crippen molar-refractivity contribution in [2.75, 3.05) is 5.73 Å². The standard InChI is InChI=1S/C10H6BrF2N3O/c11-5-4-15-10(14)16-9(5)17-7-3-1-2-6(12)8(7)13/h1-4H,(H2,14,15,16). The minimum absolute atomic E-state index is 0.0157. The lowest BCUT2D eigenvalue weighted by molar-refractivity contribution is 0.403. The summed E-state index contributed by atoms with van der Waals surface area (Å²) in [7, 11) is 0. The third-order valence-corrected chi connectivity index (χ3v) is 2.40. The van der Waals surface area contributed by atoms with E-state index in [4.69, 9.17) is 10.5 Å². The average Bonchev–Trinajstić information content (AvgIpc) is 2.30. The lowest BCUT2D eigenvalue weighted by atomic mass is 10.3. The van der Waals surface area contributed by atoms with Gasteiger partial charge in [-0.1, -0.05) is 6.07 Å². The van der Waals surface area contributed by atoms with E-state index >= 15 is 0 Å². The molecular formula is C10H6BrF2N3O. The number of nitrogens with two attached hydrogens (primary N) is 1. The summed E-state index contributed by atoms with van der Waals surface area (Å²) in [6, 6.07) is 3.60. The highest BCUT2D eigenvalue weighted by molar-refractivity contribution is 9.10. The molecule has 88 valence electrons. The molecule has 0 aliphatic heterocycles. The topological polar surface area (TPSA) is 61.0 Å². The molecule has 0 bridgehead atoms. The summed E-state index contributed by atoms with van der Waals surface area (Å²) in [4.78, 5) is 7.44. The van der Waals surface area contributed by atoms with Gasteiger partial charge in [-0.3, -0.25) is 0 Å². The first-order valence-electron chi connectivity index (χ1n) is 4.48. The van der Waals surface area contributed by atoms with Crippen molar-refractivity contribution in [2.45, 2.75) is 0 Å². The highest BCUT2D eigenvalue weighted by Crippen LogP contribution is 2.29. The number of halogens is 3. The van der Waals surface area contributed by atoms with Crippen LogP contribution < -0.4 is 10.5 Å². The summed E-state index contributed by atoms with van der Waals surface area (Å²) in [5.74, 6) is -2.37. The van der Waals surface area contributed by atoms with Crippen molar-refractivity contribution in [3.8, 4) is 11.6 Å². The van der Waals surface area contributed by atoms with Crippen LogP contribution in [0.25, 0.3) is 0 Å². The van der Waals surface area contributed by atoms with Crippen molar-refractivity contribution in [2.24, 2.45) is 0 Å². The molecule has 0 saturated carbocycles. The lowest BCUT2D eigenvalue weighted by Gasteiger charge is -2.07. The molecule has 0 radical (unpaired) electrons. The molecule has 0 fully saturated rings. The van der Waals surface area contributed by atoms with Crippen LogP contribution in [-0.4, -0.2) is 9.97 Å². The Morgan fingerprint density at radius 1 is 1.29 bits per heavy atom. The summed E-state index contributed by atoms with van der Waals surface area (Å²) in [6.45, 7) is 0. The minimum Gasteiger partial charge on any atom is -0.434 e. The van der Waals surface area contributed by atoms with E-state index in [9.17, 15) is 8.78 Å². The molecule has 1 aromatic heterocycles. The minimum atomic E-state index is -1.09. The lowest BCUT2D eigenvalue weighted by Crippen LogP contribution is -1.99. The Morgan fingerprint density at radius 3 is 2.82 bits per heavy atom. The predicted molar refractivity (Wildman–Crippen MR) is 60.6 cm³/mol. The molecule has 2 N–H and O–H groups in total. The number of hydrogen-bond acceptors (Lipinski definition) is 4. The fourth-order valence-corrected chi connectivity index (χ4v) is 1.37. The largest absolute Gasteiger partial charge is 0.434 e. The summed E-state index contributed by atoms with van der Waals surface area (Å²) in [5.41, 5.74) is 5.36. The van der Waals surface area contributed by atoms with Crippen LogP contribution in [0.3, 0.4) is 0 Å². The van der Waals surface area contributed by atoms with Crippen LogP contribution in [0.15, 0.2) is 28.9 Å². The molecule has 4 nitrogen and oxygen atoms in total. The fourth-order valence-electron chi connectivity index (χ4n) is 1.10. The zero-order valence-electron chi connectivity index (χ0n) is 8.32. The van der Waals surface area contributed by atoms with E-state index < -0.39 is 11.6 Å². The van der Waals surface area contributed by atoms with Crippen molar-refractivity contribution in [1.82, 2.24) is 9.97 Å². The SMILES string of the molecule is Nc1ncc(Br)c(Oc2cccc(F)c2F)n1. The predicted octanol–water partition coefficient (Wildman–Crippen LogP) is 2.89. The fraction of sp³-hybridized carbons (Fsp3) is 0. The summed E-state index contributed by atoms with van der Waals surface area (Å²) in [6.07, 6.45) is 1.36. The molecule has 17 heavy (non-hydrogen) atoms. The summed E-state index contributed by atoms with van der Waals surface area (Å²) in [5, 5.41) is 0. The number of hydrogen-bond donors (Lipinski definition) is 1. The second-order valence-electron chi connectivity index (χ2n) is 3.04. The molecule has 0 spiro atoms. The molecule has 2 aromatic rings. The molecule has 1 heterocycles. The monoisotopic (exact) mass is 301 g/mol. The van der Waals surface area contributed by atoms with Crippen LogP contribution in [0.2, 0.25) is 0 Å². The van der Waals surface area contributed by atoms with Gasteiger partial charge >= 0.3 is 0 Å². The van der Waals surface area contributed by atoms with E-state index in [1.807, 2.05) is 0 Å². The molecule has 0 amide bonds. The van der Waals surface area contributed by atoms with Crippen LogP contribution >= 0.6 is 15.9 Å². The van der Waals surface area contributed by atoms with E-state index in [1.54, 1.807) is 0 Å². The van der Waals surface area contributed by atoms with E-state index in [-0.39, 0.29) is 17.6 Å². The van der Waals surface area contributed by atoms with Gasteiger partial charge in [0.2, 0.25) is 17.6 Å². The Labute approximate surface area is 104 Å². The van der Waals surface area contributed by atoms with Crippen LogP contribution in [0.4, 0.5) is 14.7 Å². The van der Waals surface area contributed by atoms with Gasteiger partial charge in [-0.05, 0) is 28.1 Å².